The van der Waals surface area contributed by atoms with Gasteiger partial charge in [0, 0.05) is 21.7 Å². The molecule has 0 aliphatic carbocycles. The lowest BCUT2D eigenvalue weighted by Crippen LogP contribution is -2.28. The van der Waals surface area contributed by atoms with Crippen LogP contribution in [0.2, 0.25) is 5.02 Å². The number of aliphatic hydroxyl groups is 1. The fraction of sp³-hybridized carbons (Fsp3) is 0.278. The van der Waals surface area contributed by atoms with Gasteiger partial charge in [0.1, 0.15) is 0 Å². The highest BCUT2D eigenvalue weighted by Crippen LogP contribution is 2.26. The van der Waals surface area contributed by atoms with Crippen LogP contribution in [-0.2, 0) is 0 Å². The van der Waals surface area contributed by atoms with Gasteiger partial charge in [-0.15, -0.1) is 11.8 Å². The molecule has 3 nitrogen and oxygen atoms in total. The normalized spacial score (nSPS) is 12.2. The van der Waals surface area contributed by atoms with E-state index in [0.717, 1.165) is 10.5 Å². The summed E-state index contributed by atoms with van der Waals surface area (Å²) in [7, 11) is 0. The molecule has 1 atom stereocenters. The summed E-state index contributed by atoms with van der Waals surface area (Å²) < 4.78 is 0. The van der Waals surface area contributed by atoms with Crippen LogP contribution in [0.25, 0.3) is 0 Å². The highest BCUT2D eigenvalue weighted by Gasteiger charge is 2.14. The Hall–Kier alpha value is -1.49. The number of halogens is 1. The summed E-state index contributed by atoms with van der Waals surface area (Å²) in [6, 6.07) is 14.4. The van der Waals surface area contributed by atoms with Gasteiger partial charge >= 0.3 is 0 Å². The highest BCUT2D eigenvalue weighted by atomic mass is 35.5. The second-order valence-corrected chi connectivity index (χ2v) is 7.49. The summed E-state index contributed by atoms with van der Waals surface area (Å²) in [4.78, 5) is 13.3. The van der Waals surface area contributed by atoms with Crippen molar-refractivity contribution >= 4 is 29.3 Å². The first-order chi connectivity index (χ1) is 11.0. The third-order valence-electron chi connectivity index (χ3n) is 3.21. The van der Waals surface area contributed by atoms with E-state index >= 15 is 0 Å². The van der Waals surface area contributed by atoms with Crippen molar-refractivity contribution in [1.29, 1.82) is 0 Å². The zero-order valence-corrected chi connectivity index (χ0v) is 14.7. The maximum Gasteiger partial charge on any atom is 0.252 e. The van der Waals surface area contributed by atoms with Gasteiger partial charge in [-0.05, 0) is 29.8 Å². The van der Waals surface area contributed by atoms with E-state index in [9.17, 15) is 9.90 Å². The molecule has 2 aromatic carbocycles. The summed E-state index contributed by atoms with van der Waals surface area (Å²) in [5.41, 5.74) is 1.36. The lowest BCUT2D eigenvalue weighted by Gasteiger charge is -2.14. The minimum Gasteiger partial charge on any atom is -0.387 e. The first-order valence-electron chi connectivity index (χ1n) is 7.45. The Morgan fingerprint density at radius 3 is 2.48 bits per heavy atom. The molecule has 2 rings (SSSR count). The number of carbonyl (C=O) groups excluding carboxylic acids is 1. The molecule has 0 saturated heterocycles. The van der Waals surface area contributed by atoms with E-state index in [1.54, 1.807) is 42.1 Å². The van der Waals surface area contributed by atoms with E-state index in [-0.39, 0.29) is 12.5 Å². The molecule has 0 radical (unpaired) electrons. The van der Waals surface area contributed by atoms with E-state index < -0.39 is 6.10 Å². The number of aliphatic hydroxyl groups excluding tert-OH is 1. The van der Waals surface area contributed by atoms with Crippen molar-refractivity contribution < 1.29 is 9.90 Å². The largest absolute Gasteiger partial charge is 0.387 e. The van der Waals surface area contributed by atoms with Crippen molar-refractivity contribution in [3.05, 3.63) is 64.7 Å². The number of carbonyl (C=O) groups is 1. The molecule has 0 aliphatic rings. The number of rotatable bonds is 6. The summed E-state index contributed by atoms with van der Waals surface area (Å²) in [6.07, 6.45) is -0.763. The monoisotopic (exact) mass is 349 g/mol. The van der Waals surface area contributed by atoms with Crippen LogP contribution in [0.3, 0.4) is 0 Å². The average molecular weight is 350 g/mol. The van der Waals surface area contributed by atoms with E-state index in [4.69, 9.17) is 11.6 Å². The van der Waals surface area contributed by atoms with Crippen LogP contribution in [0.4, 0.5) is 0 Å². The topological polar surface area (TPSA) is 49.3 Å². The van der Waals surface area contributed by atoms with Crippen LogP contribution >= 0.6 is 23.4 Å². The SMILES string of the molecule is CC(C)Sc1ccccc1C(=O)NCC(O)c1ccc(Cl)cc1. The summed E-state index contributed by atoms with van der Waals surface area (Å²) >= 11 is 7.48. The fourth-order valence-electron chi connectivity index (χ4n) is 2.10. The van der Waals surface area contributed by atoms with E-state index in [1.807, 2.05) is 18.2 Å². The number of benzene rings is 2. The molecule has 0 aliphatic heterocycles. The number of nitrogens with one attached hydrogen (secondary N) is 1. The average Bonchev–Trinajstić information content (AvgIpc) is 2.53. The fourth-order valence-corrected chi connectivity index (χ4v) is 3.18. The predicted molar refractivity (Wildman–Crippen MR) is 96.2 cm³/mol. The summed E-state index contributed by atoms with van der Waals surface area (Å²) in [5, 5.41) is 14.0. The van der Waals surface area contributed by atoms with Gasteiger partial charge < -0.3 is 10.4 Å². The molecule has 1 amide bonds. The van der Waals surface area contributed by atoms with Gasteiger partial charge in [0.05, 0.1) is 11.7 Å². The van der Waals surface area contributed by atoms with Gasteiger partial charge in [-0.2, -0.15) is 0 Å². The maximum atomic E-state index is 12.4. The van der Waals surface area contributed by atoms with E-state index in [0.29, 0.717) is 15.8 Å². The molecule has 0 bridgehead atoms. The zero-order chi connectivity index (χ0) is 16.8. The van der Waals surface area contributed by atoms with Gasteiger partial charge in [-0.25, -0.2) is 0 Å². The van der Waals surface area contributed by atoms with Gasteiger partial charge in [-0.1, -0.05) is 49.7 Å². The quantitative estimate of drug-likeness (QED) is 0.764. The molecule has 0 fully saturated rings. The second-order valence-electron chi connectivity index (χ2n) is 5.44. The standard InChI is InChI=1S/C18H20ClNO2S/c1-12(2)23-17-6-4-3-5-15(17)18(22)20-11-16(21)13-7-9-14(19)10-8-13/h3-10,12,16,21H,11H2,1-2H3,(H,20,22). The Kier molecular flexibility index (Phi) is 6.51. The Labute approximate surface area is 146 Å². The Bertz CT molecular complexity index is 658. The van der Waals surface area contributed by atoms with Crippen LogP contribution in [0, 0.1) is 0 Å². The van der Waals surface area contributed by atoms with Crippen molar-refractivity contribution in [1.82, 2.24) is 5.32 Å². The van der Waals surface area contributed by atoms with Crippen molar-refractivity contribution in [3.63, 3.8) is 0 Å². The van der Waals surface area contributed by atoms with Crippen LogP contribution in [-0.4, -0.2) is 22.8 Å². The number of thioether (sulfide) groups is 1. The maximum absolute atomic E-state index is 12.4. The third kappa shape index (κ3) is 5.27. The molecule has 5 heteroatoms. The third-order valence-corrected chi connectivity index (χ3v) is 4.54. The smallest absolute Gasteiger partial charge is 0.252 e. The Morgan fingerprint density at radius 1 is 1.17 bits per heavy atom. The summed E-state index contributed by atoms with van der Waals surface area (Å²) in [6.45, 7) is 4.33. The van der Waals surface area contributed by atoms with Crippen LogP contribution in [0.15, 0.2) is 53.4 Å². The van der Waals surface area contributed by atoms with Gasteiger partial charge in [-0.3, -0.25) is 4.79 Å². The zero-order valence-electron chi connectivity index (χ0n) is 13.1. The molecule has 122 valence electrons. The predicted octanol–water partition coefficient (Wildman–Crippen LogP) is 4.30. The summed E-state index contributed by atoms with van der Waals surface area (Å²) in [5.74, 6) is -0.179. The van der Waals surface area contributed by atoms with Crippen molar-refractivity contribution in [2.24, 2.45) is 0 Å². The van der Waals surface area contributed by atoms with Crippen molar-refractivity contribution in [3.8, 4) is 0 Å². The molecule has 1 unspecified atom stereocenters. The molecule has 0 heterocycles. The molecule has 0 spiro atoms. The van der Waals surface area contributed by atoms with Crippen LogP contribution in [0.1, 0.15) is 35.9 Å². The minimum absolute atomic E-state index is 0.154. The lowest BCUT2D eigenvalue weighted by molar-refractivity contribution is 0.0913. The molecular formula is C18H20ClNO2S. The molecule has 2 aromatic rings. The van der Waals surface area contributed by atoms with Crippen LogP contribution in [0.5, 0.6) is 0 Å². The van der Waals surface area contributed by atoms with E-state index in [2.05, 4.69) is 19.2 Å². The van der Waals surface area contributed by atoms with Gasteiger partial charge in [0.15, 0.2) is 0 Å². The Balaban J connectivity index is 2.01. The Morgan fingerprint density at radius 2 is 1.83 bits per heavy atom. The molecule has 0 saturated carbocycles. The molecule has 23 heavy (non-hydrogen) atoms. The number of hydrogen-bond acceptors (Lipinski definition) is 3. The van der Waals surface area contributed by atoms with Crippen molar-refractivity contribution in [2.75, 3.05) is 6.54 Å². The number of hydrogen-bond donors (Lipinski definition) is 2. The number of amides is 1. The van der Waals surface area contributed by atoms with E-state index in [1.165, 1.54) is 0 Å². The first-order valence-corrected chi connectivity index (χ1v) is 8.70. The van der Waals surface area contributed by atoms with Gasteiger partial charge in [0.25, 0.3) is 5.91 Å². The molecule has 2 N–H and O–H groups in total. The second kappa shape index (κ2) is 8.39. The molecular weight excluding hydrogens is 330 g/mol. The van der Waals surface area contributed by atoms with Crippen molar-refractivity contribution in [2.45, 2.75) is 30.1 Å². The lowest BCUT2D eigenvalue weighted by atomic mass is 10.1. The first kappa shape index (κ1) is 17.9. The van der Waals surface area contributed by atoms with Crippen LogP contribution < -0.4 is 5.32 Å². The van der Waals surface area contributed by atoms with Gasteiger partial charge in [0.2, 0.25) is 0 Å². The minimum atomic E-state index is -0.763. The molecule has 0 aromatic heterocycles. The highest BCUT2D eigenvalue weighted by molar-refractivity contribution is 8.00.